The molecule has 2 atom stereocenters. The summed E-state index contributed by atoms with van der Waals surface area (Å²) in [5.74, 6) is 0.209. The number of ether oxygens (including phenoxy) is 1. The first-order valence-electron chi connectivity index (χ1n) is 4.55. The minimum atomic E-state index is -0.134. The van der Waals surface area contributed by atoms with Crippen LogP contribution in [0.3, 0.4) is 0 Å². The van der Waals surface area contributed by atoms with Gasteiger partial charge in [-0.25, -0.2) is 0 Å². The lowest BCUT2D eigenvalue weighted by Gasteiger charge is -2.15. The molecule has 0 spiro atoms. The number of rotatable bonds is 6. The quantitative estimate of drug-likeness (QED) is 0.669. The van der Waals surface area contributed by atoms with E-state index in [9.17, 15) is 4.79 Å². The summed E-state index contributed by atoms with van der Waals surface area (Å²) in [5, 5.41) is 2.82. The van der Waals surface area contributed by atoms with Gasteiger partial charge in [0.15, 0.2) is 0 Å². The summed E-state index contributed by atoms with van der Waals surface area (Å²) < 4.78 is 5.16. The Hall–Kier alpha value is -0.280. The molecule has 0 aliphatic heterocycles. The number of halogens is 1. The zero-order valence-corrected chi connectivity index (χ0v) is 9.23. The van der Waals surface area contributed by atoms with Gasteiger partial charge >= 0.3 is 0 Å². The first kappa shape index (κ1) is 12.7. The highest BCUT2D eigenvalue weighted by Gasteiger charge is 2.13. The SMILES string of the molecule is CCOCC(C)NC(=O)C(C)CCl. The molecule has 78 valence electrons. The summed E-state index contributed by atoms with van der Waals surface area (Å²) in [6, 6.07) is 0.0538. The van der Waals surface area contributed by atoms with Gasteiger partial charge < -0.3 is 10.1 Å². The van der Waals surface area contributed by atoms with Crippen molar-refractivity contribution in [3.05, 3.63) is 0 Å². The summed E-state index contributed by atoms with van der Waals surface area (Å²) in [5.41, 5.74) is 0. The van der Waals surface area contributed by atoms with Crippen molar-refractivity contribution in [1.82, 2.24) is 5.32 Å². The van der Waals surface area contributed by atoms with E-state index in [4.69, 9.17) is 16.3 Å². The predicted molar refractivity (Wildman–Crippen MR) is 54.0 cm³/mol. The van der Waals surface area contributed by atoms with Crippen molar-refractivity contribution >= 4 is 17.5 Å². The molecule has 0 radical (unpaired) electrons. The van der Waals surface area contributed by atoms with E-state index in [1.807, 2.05) is 13.8 Å². The van der Waals surface area contributed by atoms with Crippen molar-refractivity contribution in [2.45, 2.75) is 26.8 Å². The van der Waals surface area contributed by atoms with Crippen LogP contribution in [0.25, 0.3) is 0 Å². The fourth-order valence-electron chi connectivity index (χ4n) is 0.791. The van der Waals surface area contributed by atoms with Gasteiger partial charge in [0.2, 0.25) is 5.91 Å². The Balaban J connectivity index is 3.64. The first-order chi connectivity index (χ1) is 6.11. The molecule has 0 aliphatic rings. The van der Waals surface area contributed by atoms with Crippen LogP contribution in [0.2, 0.25) is 0 Å². The highest BCUT2D eigenvalue weighted by Crippen LogP contribution is 1.98. The molecule has 1 N–H and O–H groups in total. The third kappa shape index (κ3) is 5.88. The molecular formula is C9H18ClNO2. The van der Waals surface area contributed by atoms with Crippen molar-refractivity contribution in [2.75, 3.05) is 19.1 Å². The minimum Gasteiger partial charge on any atom is -0.380 e. The molecule has 0 saturated carbocycles. The molecule has 0 saturated heterocycles. The maximum absolute atomic E-state index is 11.3. The lowest BCUT2D eigenvalue weighted by molar-refractivity contribution is -0.124. The largest absolute Gasteiger partial charge is 0.380 e. The van der Waals surface area contributed by atoms with Crippen molar-refractivity contribution < 1.29 is 9.53 Å². The normalized spacial score (nSPS) is 15.1. The van der Waals surface area contributed by atoms with E-state index in [0.29, 0.717) is 19.1 Å². The van der Waals surface area contributed by atoms with Crippen molar-refractivity contribution in [3.8, 4) is 0 Å². The Labute approximate surface area is 84.8 Å². The second-order valence-corrected chi connectivity index (χ2v) is 3.43. The molecule has 0 aromatic heterocycles. The zero-order valence-electron chi connectivity index (χ0n) is 8.47. The van der Waals surface area contributed by atoms with Crippen LogP contribution < -0.4 is 5.32 Å². The number of amides is 1. The molecule has 0 heterocycles. The van der Waals surface area contributed by atoms with E-state index >= 15 is 0 Å². The molecule has 3 nitrogen and oxygen atoms in total. The van der Waals surface area contributed by atoms with Crippen LogP contribution in [0.1, 0.15) is 20.8 Å². The molecule has 4 heteroatoms. The van der Waals surface area contributed by atoms with Crippen molar-refractivity contribution in [3.63, 3.8) is 0 Å². The highest BCUT2D eigenvalue weighted by atomic mass is 35.5. The van der Waals surface area contributed by atoms with E-state index in [-0.39, 0.29) is 17.9 Å². The molecule has 2 unspecified atom stereocenters. The second kappa shape index (κ2) is 7.15. The molecular weight excluding hydrogens is 190 g/mol. The maximum Gasteiger partial charge on any atom is 0.224 e. The smallest absolute Gasteiger partial charge is 0.224 e. The second-order valence-electron chi connectivity index (χ2n) is 3.12. The molecule has 0 rings (SSSR count). The van der Waals surface area contributed by atoms with Gasteiger partial charge in [-0.15, -0.1) is 11.6 Å². The van der Waals surface area contributed by atoms with E-state index in [2.05, 4.69) is 5.32 Å². The lowest BCUT2D eigenvalue weighted by Crippen LogP contribution is -2.39. The van der Waals surface area contributed by atoms with Crippen LogP contribution in [-0.4, -0.2) is 31.0 Å². The maximum atomic E-state index is 11.3. The Morgan fingerprint density at radius 3 is 2.62 bits per heavy atom. The van der Waals surface area contributed by atoms with Crippen molar-refractivity contribution in [1.29, 1.82) is 0 Å². The molecule has 0 aliphatic carbocycles. The van der Waals surface area contributed by atoms with Gasteiger partial charge in [-0.2, -0.15) is 0 Å². The van der Waals surface area contributed by atoms with Gasteiger partial charge in [0.1, 0.15) is 0 Å². The van der Waals surface area contributed by atoms with Gasteiger partial charge in [0, 0.05) is 24.4 Å². The summed E-state index contributed by atoms with van der Waals surface area (Å²) in [4.78, 5) is 11.3. The van der Waals surface area contributed by atoms with E-state index in [1.54, 1.807) is 6.92 Å². The number of alkyl halides is 1. The summed E-state index contributed by atoms with van der Waals surface area (Å²) in [7, 11) is 0. The fraction of sp³-hybridized carbons (Fsp3) is 0.889. The van der Waals surface area contributed by atoms with Gasteiger partial charge in [-0.3, -0.25) is 4.79 Å². The minimum absolute atomic E-state index is 0.0118. The predicted octanol–water partition coefficient (Wildman–Crippen LogP) is 1.40. The van der Waals surface area contributed by atoms with Crippen LogP contribution in [0.15, 0.2) is 0 Å². The van der Waals surface area contributed by atoms with Crippen molar-refractivity contribution in [2.24, 2.45) is 5.92 Å². The standard InChI is InChI=1S/C9H18ClNO2/c1-4-13-6-8(3)11-9(12)7(2)5-10/h7-8H,4-6H2,1-3H3,(H,11,12). The Kier molecular flexibility index (Phi) is 7.00. The Morgan fingerprint density at radius 1 is 1.54 bits per heavy atom. The van der Waals surface area contributed by atoms with Crippen LogP contribution >= 0.6 is 11.6 Å². The van der Waals surface area contributed by atoms with Crippen LogP contribution in [0, 0.1) is 5.92 Å². The molecule has 0 bridgehead atoms. The third-order valence-electron chi connectivity index (χ3n) is 1.64. The molecule has 0 aromatic carbocycles. The van der Waals surface area contributed by atoms with Gasteiger partial charge in [-0.1, -0.05) is 6.92 Å². The molecule has 1 amide bonds. The van der Waals surface area contributed by atoms with Gasteiger partial charge in [-0.05, 0) is 13.8 Å². The van der Waals surface area contributed by atoms with E-state index in [1.165, 1.54) is 0 Å². The Morgan fingerprint density at radius 2 is 2.15 bits per heavy atom. The number of hydrogen-bond acceptors (Lipinski definition) is 2. The van der Waals surface area contributed by atoms with Gasteiger partial charge in [0.25, 0.3) is 0 Å². The van der Waals surface area contributed by atoms with Crippen LogP contribution in [-0.2, 0) is 9.53 Å². The molecule has 0 aromatic rings. The summed E-state index contributed by atoms with van der Waals surface area (Å²) in [6.07, 6.45) is 0. The lowest BCUT2D eigenvalue weighted by atomic mass is 10.2. The third-order valence-corrected chi connectivity index (χ3v) is 2.10. The highest BCUT2D eigenvalue weighted by molar-refractivity contribution is 6.19. The number of nitrogens with one attached hydrogen (secondary N) is 1. The average Bonchev–Trinajstić information content (AvgIpc) is 2.13. The van der Waals surface area contributed by atoms with Gasteiger partial charge in [0.05, 0.1) is 6.61 Å². The molecule has 0 fully saturated rings. The topological polar surface area (TPSA) is 38.3 Å². The number of carbonyl (C=O) groups is 1. The van der Waals surface area contributed by atoms with E-state index < -0.39 is 0 Å². The summed E-state index contributed by atoms with van der Waals surface area (Å²) in [6.45, 7) is 6.86. The monoisotopic (exact) mass is 207 g/mol. The summed E-state index contributed by atoms with van der Waals surface area (Å²) >= 11 is 5.54. The Bertz CT molecular complexity index is 153. The van der Waals surface area contributed by atoms with E-state index in [0.717, 1.165) is 0 Å². The molecule has 13 heavy (non-hydrogen) atoms. The number of carbonyl (C=O) groups excluding carboxylic acids is 1. The first-order valence-corrected chi connectivity index (χ1v) is 5.09. The average molecular weight is 208 g/mol. The van der Waals surface area contributed by atoms with Crippen LogP contribution in [0.5, 0.6) is 0 Å². The zero-order chi connectivity index (χ0) is 10.3. The number of hydrogen-bond donors (Lipinski definition) is 1. The fourth-order valence-corrected chi connectivity index (χ4v) is 0.932. The van der Waals surface area contributed by atoms with Crippen LogP contribution in [0.4, 0.5) is 0 Å².